The van der Waals surface area contributed by atoms with Crippen LogP contribution < -0.4 is 5.73 Å². The van der Waals surface area contributed by atoms with E-state index in [-0.39, 0.29) is 28.6 Å². The number of hydrogen-bond donors (Lipinski definition) is 6. The number of nitrogen functional groups attached to an aromatic ring is 1. The van der Waals surface area contributed by atoms with Gasteiger partial charge in [-0.15, -0.1) is 0 Å². The molecule has 0 aliphatic carbocycles. The average Bonchev–Trinajstić information content (AvgIpc) is 2.60. The Morgan fingerprint density at radius 1 is 0.714 bits per heavy atom. The molecule has 0 saturated heterocycles. The molecular weight excluding hydrogens is 362 g/mol. The highest BCUT2D eigenvalue weighted by molar-refractivity contribution is 5.91. The van der Waals surface area contributed by atoms with Gasteiger partial charge >= 0.3 is 5.97 Å². The van der Waals surface area contributed by atoms with E-state index in [0.29, 0.717) is 11.3 Å². The molecule has 7 N–H and O–H groups in total. The molecule has 0 amide bonds. The van der Waals surface area contributed by atoms with Crippen LogP contribution in [0.25, 0.3) is 12.2 Å². The van der Waals surface area contributed by atoms with Gasteiger partial charge in [0.15, 0.2) is 0 Å². The second-order valence-electron chi connectivity index (χ2n) is 5.79. The molecule has 3 rings (SSSR count). The molecule has 0 saturated carbocycles. The average molecular weight is 381 g/mol. The summed E-state index contributed by atoms with van der Waals surface area (Å²) in [5.74, 6) is -1.21. The summed E-state index contributed by atoms with van der Waals surface area (Å²) >= 11 is 0. The van der Waals surface area contributed by atoms with Crippen molar-refractivity contribution in [3.05, 3.63) is 77.4 Å². The van der Waals surface area contributed by atoms with Crippen LogP contribution in [0.15, 0.2) is 60.7 Å². The van der Waals surface area contributed by atoms with Crippen LogP contribution in [0.1, 0.15) is 21.5 Å². The van der Waals surface area contributed by atoms with E-state index in [1.165, 1.54) is 24.3 Å². The minimum absolute atomic E-state index is 0.0235. The Kier molecular flexibility index (Phi) is 6.49. The molecule has 0 aromatic heterocycles. The lowest BCUT2D eigenvalue weighted by molar-refractivity contribution is 0.0693. The van der Waals surface area contributed by atoms with Crippen LogP contribution in [-0.2, 0) is 0 Å². The Labute approximate surface area is 160 Å². The van der Waals surface area contributed by atoms with E-state index in [1.54, 1.807) is 42.5 Å². The van der Waals surface area contributed by atoms with Gasteiger partial charge in [0.1, 0.15) is 28.6 Å². The summed E-state index contributed by atoms with van der Waals surface area (Å²) in [5.41, 5.74) is 7.10. The zero-order valence-corrected chi connectivity index (χ0v) is 14.6. The molecular formula is C21H19NO6. The van der Waals surface area contributed by atoms with Crippen LogP contribution in [0.2, 0.25) is 0 Å². The van der Waals surface area contributed by atoms with Gasteiger partial charge in [-0.05, 0) is 47.5 Å². The number of carboxylic acids is 1. The molecule has 3 aromatic rings. The standard InChI is InChI=1S/C14H12O3.C7H7NO3/c15-12-5-3-10(4-6-12)1-2-11-7-13(16)9-14(17)8-11;8-4-1-2-5(7(10)11)6(9)3-4/h1-9,15-17H;1-3,9H,8H2,(H,10,11)/b2-1+;. The number of nitrogens with two attached hydrogens (primary N) is 1. The maximum atomic E-state index is 10.3. The quantitative estimate of drug-likeness (QED) is 0.300. The van der Waals surface area contributed by atoms with Crippen molar-refractivity contribution >= 4 is 23.8 Å². The number of carboxylic acid groups (broad SMARTS) is 1. The van der Waals surface area contributed by atoms with Crippen molar-refractivity contribution in [3.63, 3.8) is 0 Å². The van der Waals surface area contributed by atoms with Crippen LogP contribution in [0.3, 0.4) is 0 Å². The molecule has 3 aromatic carbocycles. The summed E-state index contributed by atoms with van der Waals surface area (Å²) in [6.07, 6.45) is 3.60. The van der Waals surface area contributed by atoms with Gasteiger partial charge in [0, 0.05) is 17.8 Å². The third-order valence-corrected chi connectivity index (χ3v) is 3.54. The highest BCUT2D eigenvalue weighted by atomic mass is 16.4. The van der Waals surface area contributed by atoms with E-state index in [0.717, 1.165) is 5.56 Å². The minimum atomic E-state index is -1.16. The van der Waals surface area contributed by atoms with Crippen LogP contribution >= 0.6 is 0 Å². The van der Waals surface area contributed by atoms with Gasteiger partial charge in [0.25, 0.3) is 0 Å². The van der Waals surface area contributed by atoms with Crippen LogP contribution in [0.4, 0.5) is 5.69 Å². The molecule has 7 heteroatoms. The first-order valence-electron chi connectivity index (χ1n) is 8.06. The van der Waals surface area contributed by atoms with Crippen molar-refractivity contribution in [2.75, 3.05) is 5.73 Å². The largest absolute Gasteiger partial charge is 0.508 e. The van der Waals surface area contributed by atoms with E-state index in [9.17, 15) is 15.0 Å². The molecule has 0 unspecified atom stereocenters. The third kappa shape index (κ3) is 5.99. The van der Waals surface area contributed by atoms with Crippen LogP contribution in [0, 0.1) is 0 Å². The molecule has 0 aliphatic rings. The fourth-order valence-corrected chi connectivity index (χ4v) is 2.22. The number of phenolic OH excluding ortho intramolecular Hbond substituents is 3. The number of hydrogen-bond acceptors (Lipinski definition) is 6. The molecule has 7 nitrogen and oxygen atoms in total. The maximum absolute atomic E-state index is 10.3. The second kappa shape index (κ2) is 9.00. The predicted molar refractivity (Wildman–Crippen MR) is 106 cm³/mol. The van der Waals surface area contributed by atoms with E-state index >= 15 is 0 Å². The Hall–Kier alpha value is -4.13. The predicted octanol–water partition coefficient (Wildman–Crippen LogP) is 3.65. The van der Waals surface area contributed by atoms with Crippen LogP contribution in [-0.4, -0.2) is 31.5 Å². The highest BCUT2D eigenvalue weighted by Crippen LogP contribution is 2.22. The van der Waals surface area contributed by atoms with Crippen molar-refractivity contribution in [2.24, 2.45) is 0 Å². The van der Waals surface area contributed by atoms with E-state index in [2.05, 4.69) is 0 Å². The van der Waals surface area contributed by atoms with Crippen molar-refractivity contribution < 1.29 is 30.3 Å². The fourth-order valence-electron chi connectivity index (χ4n) is 2.22. The second-order valence-corrected chi connectivity index (χ2v) is 5.79. The Bertz CT molecular complexity index is 976. The molecule has 0 spiro atoms. The van der Waals surface area contributed by atoms with Gasteiger partial charge in [0.05, 0.1) is 0 Å². The number of rotatable bonds is 3. The topological polar surface area (TPSA) is 144 Å². The maximum Gasteiger partial charge on any atom is 0.339 e. The fraction of sp³-hybridized carbons (Fsp3) is 0. The Morgan fingerprint density at radius 2 is 1.29 bits per heavy atom. The van der Waals surface area contributed by atoms with Crippen molar-refractivity contribution in [3.8, 4) is 23.0 Å². The van der Waals surface area contributed by atoms with E-state index in [1.807, 2.05) is 6.08 Å². The van der Waals surface area contributed by atoms with Gasteiger partial charge < -0.3 is 31.3 Å². The molecule has 144 valence electrons. The molecule has 0 bridgehead atoms. The molecule has 0 fully saturated rings. The first-order valence-corrected chi connectivity index (χ1v) is 8.06. The number of anilines is 1. The zero-order valence-electron chi connectivity index (χ0n) is 14.6. The van der Waals surface area contributed by atoms with Gasteiger partial charge in [-0.2, -0.15) is 0 Å². The van der Waals surface area contributed by atoms with E-state index in [4.69, 9.17) is 21.1 Å². The van der Waals surface area contributed by atoms with Gasteiger partial charge in [0.2, 0.25) is 0 Å². The minimum Gasteiger partial charge on any atom is -0.508 e. The van der Waals surface area contributed by atoms with Crippen molar-refractivity contribution in [2.45, 2.75) is 0 Å². The van der Waals surface area contributed by atoms with Gasteiger partial charge in [-0.3, -0.25) is 0 Å². The lowest BCUT2D eigenvalue weighted by Crippen LogP contribution is -1.97. The summed E-state index contributed by atoms with van der Waals surface area (Å²) < 4.78 is 0. The first kappa shape index (κ1) is 20.2. The SMILES string of the molecule is Nc1ccc(C(=O)O)c(O)c1.Oc1ccc(/C=C/c2cc(O)cc(O)c2)cc1. The molecule has 0 aliphatic heterocycles. The van der Waals surface area contributed by atoms with Crippen molar-refractivity contribution in [1.82, 2.24) is 0 Å². The lowest BCUT2D eigenvalue weighted by atomic mass is 10.1. The summed E-state index contributed by atoms with van der Waals surface area (Å²) in [6, 6.07) is 15.0. The van der Waals surface area contributed by atoms with Crippen LogP contribution in [0.5, 0.6) is 23.0 Å². The highest BCUT2D eigenvalue weighted by Gasteiger charge is 2.07. The normalized spacial score (nSPS) is 10.3. The zero-order chi connectivity index (χ0) is 20.7. The summed E-state index contributed by atoms with van der Waals surface area (Å²) in [7, 11) is 0. The summed E-state index contributed by atoms with van der Waals surface area (Å²) in [5, 5.41) is 45.2. The first-order chi connectivity index (χ1) is 13.2. The smallest absolute Gasteiger partial charge is 0.339 e. The third-order valence-electron chi connectivity index (χ3n) is 3.54. The molecule has 0 radical (unpaired) electrons. The number of phenols is 4. The monoisotopic (exact) mass is 381 g/mol. The Morgan fingerprint density at radius 3 is 1.82 bits per heavy atom. The lowest BCUT2D eigenvalue weighted by Gasteiger charge is -1.98. The van der Waals surface area contributed by atoms with E-state index < -0.39 is 5.97 Å². The number of benzene rings is 3. The Balaban J connectivity index is 0.000000221. The molecule has 0 heterocycles. The summed E-state index contributed by atoms with van der Waals surface area (Å²) in [6.45, 7) is 0. The number of carbonyl (C=O) groups is 1. The molecule has 28 heavy (non-hydrogen) atoms. The van der Waals surface area contributed by atoms with Gasteiger partial charge in [-0.25, -0.2) is 4.79 Å². The summed E-state index contributed by atoms with van der Waals surface area (Å²) in [4.78, 5) is 10.3. The number of aromatic hydroxyl groups is 4. The van der Waals surface area contributed by atoms with Gasteiger partial charge in [-0.1, -0.05) is 24.3 Å². The number of aromatic carboxylic acids is 1. The van der Waals surface area contributed by atoms with Crippen molar-refractivity contribution in [1.29, 1.82) is 0 Å². The molecule has 0 atom stereocenters.